The fraction of sp³-hybridized carbons (Fsp3) is 0.571. The fourth-order valence-electron chi connectivity index (χ4n) is 2.16. The first kappa shape index (κ1) is 13.3. The lowest BCUT2D eigenvalue weighted by atomic mass is 10.1. The molecule has 1 aliphatic rings. The third kappa shape index (κ3) is 3.45. The number of aryl methyl sites for hydroxylation is 1. The van der Waals surface area contributed by atoms with Crippen molar-refractivity contribution in [3.8, 4) is 5.75 Å². The van der Waals surface area contributed by atoms with Crippen molar-refractivity contribution in [2.75, 3.05) is 33.4 Å². The summed E-state index contributed by atoms with van der Waals surface area (Å²) < 4.78 is 11.5. The molecular formula is C14H22N2O2. The zero-order valence-electron chi connectivity index (χ0n) is 11.2. The molecule has 1 heterocycles. The molecule has 4 heteroatoms. The lowest BCUT2D eigenvalue weighted by molar-refractivity contribution is -0.0404. The minimum Gasteiger partial charge on any atom is -0.490 e. The molecule has 2 rings (SSSR count). The average Bonchev–Trinajstić information content (AvgIpc) is 2.37. The lowest BCUT2D eigenvalue weighted by Crippen LogP contribution is -2.42. The van der Waals surface area contributed by atoms with E-state index in [1.807, 2.05) is 12.1 Å². The van der Waals surface area contributed by atoms with Crippen LogP contribution in [0.1, 0.15) is 11.1 Å². The van der Waals surface area contributed by atoms with Gasteiger partial charge in [-0.05, 0) is 20.0 Å². The van der Waals surface area contributed by atoms with Crippen LogP contribution in [0.3, 0.4) is 0 Å². The molecule has 1 aromatic carbocycles. The van der Waals surface area contributed by atoms with Crippen LogP contribution in [0, 0.1) is 6.92 Å². The van der Waals surface area contributed by atoms with E-state index in [2.05, 4.69) is 24.9 Å². The van der Waals surface area contributed by atoms with Crippen molar-refractivity contribution in [3.05, 3.63) is 29.3 Å². The molecule has 0 aromatic heterocycles. The van der Waals surface area contributed by atoms with Crippen LogP contribution in [-0.2, 0) is 11.3 Å². The van der Waals surface area contributed by atoms with Crippen LogP contribution in [0.25, 0.3) is 0 Å². The molecule has 18 heavy (non-hydrogen) atoms. The van der Waals surface area contributed by atoms with Gasteiger partial charge < -0.3 is 20.1 Å². The second kappa shape index (κ2) is 6.18. The maximum Gasteiger partial charge on any atom is 0.123 e. The van der Waals surface area contributed by atoms with Crippen LogP contribution in [0.5, 0.6) is 5.75 Å². The molecule has 1 atom stereocenters. The molecule has 0 radical (unpaired) electrons. The largest absolute Gasteiger partial charge is 0.490 e. The Morgan fingerprint density at radius 2 is 2.33 bits per heavy atom. The molecule has 0 bridgehead atoms. The summed E-state index contributed by atoms with van der Waals surface area (Å²) in [6, 6.07) is 6.11. The van der Waals surface area contributed by atoms with Crippen molar-refractivity contribution < 1.29 is 9.47 Å². The highest BCUT2D eigenvalue weighted by Crippen LogP contribution is 2.20. The lowest BCUT2D eigenvalue weighted by Gasteiger charge is -2.30. The number of morpholine rings is 1. The van der Waals surface area contributed by atoms with Crippen LogP contribution >= 0.6 is 0 Å². The number of hydrogen-bond acceptors (Lipinski definition) is 4. The number of nitrogens with two attached hydrogens (primary N) is 1. The molecule has 0 spiro atoms. The molecule has 2 N–H and O–H groups in total. The van der Waals surface area contributed by atoms with Crippen LogP contribution in [-0.4, -0.2) is 44.4 Å². The van der Waals surface area contributed by atoms with Gasteiger partial charge in [0.25, 0.3) is 0 Å². The first-order valence-corrected chi connectivity index (χ1v) is 6.41. The standard InChI is InChI=1S/C14H22N2O2/c1-11-3-4-14(12(7-11)8-15)18-10-13-9-16(2)5-6-17-13/h3-4,7,13H,5-6,8-10,15H2,1-2H3. The van der Waals surface area contributed by atoms with Crippen molar-refractivity contribution in [1.29, 1.82) is 0 Å². The highest BCUT2D eigenvalue weighted by Gasteiger charge is 2.18. The summed E-state index contributed by atoms with van der Waals surface area (Å²) in [5.74, 6) is 0.875. The number of hydrogen-bond donors (Lipinski definition) is 1. The second-order valence-electron chi connectivity index (χ2n) is 4.88. The van der Waals surface area contributed by atoms with Crippen LogP contribution < -0.4 is 10.5 Å². The molecule has 1 aliphatic heterocycles. The summed E-state index contributed by atoms with van der Waals surface area (Å²) in [6.07, 6.45) is 0.149. The first-order chi connectivity index (χ1) is 8.69. The second-order valence-corrected chi connectivity index (χ2v) is 4.88. The topological polar surface area (TPSA) is 47.7 Å². The normalized spacial score (nSPS) is 20.9. The van der Waals surface area contributed by atoms with Crippen LogP contribution in [0.4, 0.5) is 0 Å². The van der Waals surface area contributed by atoms with E-state index >= 15 is 0 Å². The zero-order valence-corrected chi connectivity index (χ0v) is 11.2. The van der Waals surface area contributed by atoms with Gasteiger partial charge in [-0.25, -0.2) is 0 Å². The summed E-state index contributed by atoms with van der Waals surface area (Å²) >= 11 is 0. The number of ether oxygens (including phenoxy) is 2. The highest BCUT2D eigenvalue weighted by atomic mass is 16.5. The maximum atomic E-state index is 5.84. The van der Waals surface area contributed by atoms with E-state index in [9.17, 15) is 0 Å². The SMILES string of the molecule is Cc1ccc(OCC2CN(C)CCO2)c(CN)c1. The zero-order chi connectivity index (χ0) is 13.0. The Hall–Kier alpha value is -1.10. The molecule has 0 aliphatic carbocycles. The van der Waals surface area contributed by atoms with Gasteiger partial charge >= 0.3 is 0 Å². The third-order valence-electron chi connectivity index (χ3n) is 3.20. The highest BCUT2D eigenvalue weighted by molar-refractivity contribution is 5.36. The van der Waals surface area contributed by atoms with Gasteiger partial charge in [-0.1, -0.05) is 17.7 Å². The molecule has 1 aromatic rings. The number of likely N-dealkylation sites (N-methyl/N-ethyl adjacent to an activating group) is 1. The molecule has 0 amide bonds. The van der Waals surface area contributed by atoms with Gasteiger partial charge in [0, 0.05) is 25.2 Å². The van der Waals surface area contributed by atoms with Gasteiger partial charge in [-0.3, -0.25) is 0 Å². The Labute approximate surface area is 109 Å². The van der Waals surface area contributed by atoms with Crippen LogP contribution in [0.15, 0.2) is 18.2 Å². The van der Waals surface area contributed by atoms with Crippen molar-refractivity contribution in [1.82, 2.24) is 4.90 Å². The predicted octanol–water partition coefficient (Wildman–Crippen LogP) is 1.16. The van der Waals surface area contributed by atoms with E-state index < -0.39 is 0 Å². The fourth-order valence-corrected chi connectivity index (χ4v) is 2.16. The van der Waals surface area contributed by atoms with Gasteiger partial charge in [-0.15, -0.1) is 0 Å². The Balaban J connectivity index is 1.93. The predicted molar refractivity (Wildman–Crippen MR) is 71.8 cm³/mol. The molecule has 1 saturated heterocycles. The molecule has 1 unspecified atom stereocenters. The van der Waals surface area contributed by atoms with Gasteiger partial charge in [0.15, 0.2) is 0 Å². The Kier molecular flexibility index (Phi) is 4.58. The van der Waals surface area contributed by atoms with E-state index in [4.69, 9.17) is 15.2 Å². The summed E-state index contributed by atoms with van der Waals surface area (Å²) in [6.45, 7) is 5.84. The molecule has 100 valence electrons. The molecule has 0 saturated carbocycles. The third-order valence-corrected chi connectivity index (χ3v) is 3.20. The molecule has 1 fully saturated rings. The molecule has 4 nitrogen and oxygen atoms in total. The summed E-state index contributed by atoms with van der Waals surface area (Å²) in [5.41, 5.74) is 7.99. The van der Waals surface area contributed by atoms with Crippen molar-refractivity contribution in [3.63, 3.8) is 0 Å². The van der Waals surface area contributed by atoms with E-state index in [-0.39, 0.29) is 6.10 Å². The van der Waals surface area contributed by atoms with E-state index in [1.165, 1.54) is 5.56 Å². The Morgan fingerprint density at radius 1 is 1.50 bits per heavy atom. The Morgan fingerprint density at radius 3 is 3.06 bits per heavy atom. The van der Waals surface area contributed by atoms with Gasteiger partial charge in [0.05, 0.1) is 6.61 Å². The van der Waals surface area contributed by atoms with E-state index in [0.717, 1.165) is 31.0 Å². The number of nitrogens with zero attached hydrogens (tertiary/aromatic N) is 1. The smallest absolute Gasteiger partial charge is 0.123 e. The summed E-state index contributed by atoms with van der Waals surface area (Å²) in [7, 11) is 2.10. The van der Waals surface area contributed by atoms with Crippen molar-refractivity contribution in [2.24, 2.45) is 5.73 Å². The first-order valence-electron chi connectivity index (χ1n) is 6.41. The van der Waals surface area contributed by atoms with Crippen molar-refractivity contribution >= 4 is 0 Å². The maximum absolute atomic E-state index is 5.84. The minimum absolute atomic E-state index is 0.149. The minimum atomic E-state index is 0.149. The number of rotatable bonds is 4. The van der Waals surface area contributed by atoms with Gasteiger partial charge in [0.1, 0.15) is 18.5 Å². The van der Waals surface area contributed by atoms with Gasteiger partial charge in [-0.2, -0.15) is 0 Å². The monoisotopic (exact) mass is 250 g/mol. The van der Waals surface area contributed by atoms with E-state index in [1.54, 1.807) is 0 Å². The number of benzene rings is 1. The summed E-state index contributed by atoms with van der Waals surface area (Å²) in [4.78, 5) is 2.26. The van der Waals surface area contributed by atoms with Gasteiger partial charge in [0.2, 0.25) is 0 Å². The van der Waals surface area contributed by atoms with E-state index in [0.29, 0.717) is 13.2 Å². The Bertz CT molecular complexity index is 395. The van der Waals surface area contributed by atoms with Crippen LogP contribution in [0.2, 0.25) is 0 Å². The molecular weight excluding hydrogens is 228 g/mol. The quantitative estimate of drug-likeness (QED) is 0.871. The van der Waals surface area contributed by atoms with Crippen molar-refractivity contribution in [2.45, 2.75) is 19.6 Å². The summed E-state index contributed by atoms with van der Waals surface area (Å²) in [5, 5.41) is 0. The average molecular weight is 250 g/mol.